The molecule has 0 aromatic rings. The minimum absolute atomic E-state index is 0.162. The van der Waals surface area contributed by atoms with Crippen LogP contribution < -0.4 is 0 Å². The van der Waals surface area contributed by atoms with Gasteiger partial charge in [-0.15, -0.1) is 0 Å². The lowest BCUT2D eigenvalue weighted by Crippen LogP contribution is -2.56. The Bertz CT molecular complexity index is 655. The molecule has 4 rings (SSSR count). The van der Waals surface area contributed by atoms with E-state index in [1.807, 2.05) is 0 Å². The first-order valence-electron chi connectivity index (χ1n) is 11.0. The SMILES string of the molecule is CC12CCC(=O)CC1CC(=O)C1C2CCC2(C)C1CC[C@@H]2CCCC(=O)O. The molecule has 0 aromatic carbocycles. The summed E-state index contributed by atoms with van der Waals surface area (Å²) in [6.45, 7) is 4.76. The van der Waals surface area contributed by atoms with E-state index in [9.17, 15) is 14.4 Å². The maximum Gasteiger partial charge on any atom is 0.303 e. The van der Waals surface area contributed by atoms with E-state index in [0.717, 1.165) is 38.5 Å². The van der Waals surface area contributed by atoms with Gasteiger partial charge in [0.1, 0.15) is 11.6 Å². The van der Waals surface area contributed by atoms with Crippen molar-refractivity contribution in [2.75, 3.05) is 0 Å². The summed E-state index contributed by atoms with van der Waals surface area (Å²) in [5.41, 5.74) is 0.359. The van der Waals surface area contributed by atoms with Crippen LogP contribution in [0, 0.1) is 40.4 Å². The molecule has 6 unspecified atom stereocenters. The molecule has 0 saturated heterocycles. The maximum absolute atomic E-state index is 13.2. The van der Waals surface area contributed by atoms with Crippen LogP contribution in [-0.4, -0.2) is 22.6 Å². The monoisotopic (exact) mass is 374 g/mol. The summed E-state index contributed by atoms with van der Waals surface area (Å²) in [6.07, 6.45) is 9.45. The minimum atomic E-state index is -0.702. The van der Waals surface area contributed by atoms with E-state index < -0.39 is 5.97 Å². The van der Waals surface area contributed by atoms with Crippen molar-refractivity contribution in [2.45, 2.75) is 84.5 Å². The standard InChI is InChI=1S/C23H34O4/c1-22-11-9-18-21(17(22)7-6-14(22)4-3-5-20(26)27)19(25)13-15-12-16(24)8-10-23(15,18)2/h14-15,17-18,21H,3-13H2,1-2H3,(H,26,27)/t14-,15?,17?,18?,21?,22?,23?/m0/s1. The number of aliphatic carboxylic acids is 1. The summed E-state index contributed by atoms with van der Waals surface area (Å²) in [5.74, 6) is 2.01. The molecule has 4 nitrogen and oxygen atoms in total. The highest BCUT2D eigenvalue weighted by molar-refractivity contribution is 5.86. The van der Waals surface area contributed by atoms with Gasteiger partial charge in [0, 0.05) is 31.6 Å². The Morgan fingerprint density at radius 1 is 1.04 bits per heavy atom. The summed E-state index contributed by atoms with van der Waals surface area (Å²) in [5, 5.41) is 8.96. The predicted molar refractivity (Wildman–Crippen MR) is 102 cm³/mol. The predicted octanol–water partition coefficient (Wildman–Crippen LogP) is 4.65. The van der Waals surface area contributed by atoms with Crippen molar-refractivity contribution in [3.8, 4) is 0 Å². The average Bonchev–Trinajstić information content (AvgIpc) is 2.93. The van der Waals surface area contributed by atoms with Gasteiger partial charge in [0.05, 0.1) is 0 Å². The van der Waals surface area contributed by atoms with Crippen molar-refractivity contribution in [3.05, 3.63) is 0 Å². The molecule has 1 N–H and O–H groups in total. The van der Waals surface area contributed by atoms with Crippen LogP contribution in [0.4, 0.5) is 0 Å². The third-order valence-corrected chi connectivity index (χ3v) is 9.43. The van der Waals surface area contributed by atoms with E-state index >= 15 is 0 Å². The largest absolute Gasteiger partial charge is 0.481 e. The van der Waals surface area contributed by atoms with Crippen LogP contribution in [0.2, 0.25) is 0 Å². The second-order valence-corrected chi connectivity index (χ2v) is 10.5. The zero-order valence-corrected chi connectivity index (χ0v) is 16.8. The van der Waals surface area contributed by atoms with E-state index in [0.29, 0.717) is 48.6 Å². The van der Waals surface area contributed by atoms with Crippen LogP contribution in [0.15, 0.2) is 0 Å². The van der Waals surface area contributed by atoms with Crippen molar-refractivity contribution in [1.29, 1.82) is 0 Å². The normalized spacial score (nSPS) is 46.5. The molecular formula is C23H34O4. The molecule has 150 valence electrons. The molecule has 0 bridgehead atoms. The highest BCUT2D eigenvalue weighted by Gasteiger charge is 2.62. The summed E-state index contributed by atoms with van der Waals surface area (Å²) in [4.78, 5) is 36.1. The molecule has 7 atom stereocenters. The minimum Gasteiger partial charge on any atom is -0.481 e. The molecule has 0 aliphatic heterocycles. The molecule has 0 amide bonds. The Labute approximate surface area is 162 Å². The molecule has 0 aromatic heterocycles. The highest BCUT2D eigenvalue weighted by atomic mass is 16.4. The highest BCUT2D eigenvalue weighted by Crippen LogP contribution is 2.66. The van der Waals surface area contributed by atoms with Crippen LogP contribution in [0.1, 0.15) is 84.5 Å². The number of carboxylic acid groups (broad SMARTS) is 1. The second-order valence-electron chi connectivity index (χ2n) is 10.5. The van der Waals surface area contributed by atoms with Crippen LogP contribution in [0.25, 0.3) is 0 Å². The number of rotatable bonds is 4. The van der Waals surface area contributed by atoms with Gasteiger partial charge in [-0.05, 0) is 79.4 Å². The molecule has 0 heterocycles. The van der Waals surface area contributed by atoms with E-state index in [4.69, 9.17) is 5.11 Å². The number of hydrogen-bond acceptors (Lipinski definition) is 3. The van der Waals surface area contributed by atoms with E-state index in [1.54, 1.807) is 0 Å². The first-order valence-corrected chi connectivity index (χ1v) is 11.0. The zero-order chi connectivity index (χ0) is 19.4. The number of carboxylic acids is 1. The summed E-state index contributed by atoms with van der Waals surface area (Å²) in [7, 11) is 0. The lowest BCUT2D eigenvalue weighted by molar-refractivity contribution is -0.158. The van der Waals surface area contributed by atoms with Crippen molar-refractivity contribution < 1.29 is 19.5 Å². The molecule has 4 aliphatic carbocycles. The average molecular weight is 375 g/mol. The van der Waals surface area contributed by atoms with Crippen LogP contribution in [0.3, 0.4) is 0 Å². The maximum atomic E-state index is 13.2. The lowest BCUT2D eigenvalue weighted by Gasteiger charge is -2.59. The number of ketones is 2. The smallest absolute Gasteiger partial charge is 0.303 e. The second kappa shape index (κ2) is 6.70. The van der Waals surface area contributed by atoms with E-state index in [2.05, 4.69) is 13.8 Å². The fourth-order valence-corrected chi connectivity index (χ4v) is 7.81. The summed E-state index contributed by atoms with van der Waals surface area (Å²) >= 11 is 0. The number of carbonyl (C=O) groups is 3. The van der Waals surface area contributed by atoms with Gasteiger partial charge >= 0.3 is 5.97 Å². The van der Waals surface area contributed by atoms with Gasteiger partial charge in [0.15, 0.2) is 0 Å². The molecule has 27 heavy (non-hydrogen) atoms. The van der Waals surface area contributed by atoms with Gasteiger partial charge < -0.3 is 5.11 Å². The Kier molecular flexibility index (Phi) is 4.75. The van der Waals surface area contributed by atoms with Gasteiger partial charge in [0.25, 0.3) is 0 Å². The molecule has 0 spiro atoms. The first-order chi connectivity index (χ1) is 12.8. The van der Waals surface area contributed by atoms with Crippen LogP contribution in [-0.2, 0) is 14.4 Å². The first kappa shape index (κ1) is 19.1. The van der Waals surface area contributed by atoms with Crippen molar-refractivity contribution in [3.63, 3.8) is 0 Å². The quantitative estimate of drug-likeness (QED) is 0.777. The zero-order valence-electron chi connectivity index (χ0n) is 16.8. The molecule has 4 heteroatoms. The van der Waals surface area contributed by atoms with Crippen LogP contribution >= 0.6 is 0 Å². The topological polar surface area (TPSA) is 71.4 Å². The fourth-order valence-electron chi connectivity index (χ4n) is 7.81. The van der Waals surface area contributed by atoms with E-state index in [1.165, 1.54) is 6.42 Å². The number of carbonyl (C=O) groups excluding carboxylic acids is 2. The Morgan fingerprint density at radius 2 is 1.78 bits per heavy atom. The van der Waals surface area contributed by atoms with Crippen molar-refractivity contribution in [1.82, 2.24) is 0 Å². The van der Waals surface area contributed by atoms with Gasteiger partial charge in [-0.25, -0.2) is 0 Å². The molecule has 4 saturated carbocycles. The Balaban J connectivity index is 1.54. The molecular weight excluding hydrogens is 340 g/mol. The lowest BCUT2D eigenvalue weighted by atomic mass is 9.44. The number of fused-ring (bicyclic) bond motifs is 5. The Hall–Kier alpha value is -1.19. The summed E-state index contributed by atoms with van der Waals surface area (Å²) < 4.78 is 0. The van der Waals surface area contributed by atoms with E-state index in [-0.39, 0.29) is 29.1 Å². The fraction of sp³-hybridized carbons (Fsp3) is 0.870. The number of hydrogen-bond donors (Lipinski definition) is 1. The number of Topliss-reactive ketones (excluding diaryl/α,β-unsaturated/α-hetero) is 2. The van der Waals surface area contributed by atoms with Gasteiger partial charge in [-0.2, -0.15) is 0 Å². The third-order valence-electron chi connectivity index (χ3n) is 9.43. The van der Waals surface area contributed by atoms with Gasteiger partial charge in [-0.3, -0.25) is 14.4 Å². The Morgan fingerprint density at radius 3 is 2.52 bits per heavy atom. The van der Waals surface area contributed by atoms with Gasteiger partial charge in [0.2, 0.25) is 0 Å². The van der Waals surface area contributed by atoms with Crippen LogP contribution in [0.5, 0.6) is 0 Å². The summed E-state index contributed by atoms with van der Waals surface area (Å²) in [6, 6.07) is 0. The van der Waals surface area contributed by atoms with Gasteiger partial charge in [-0.1, -0.05) is 13.8 Å². The van der Waals surface area contributed by atoms with Crippen molar-refractivity contribution >= 4 is 17.5 Å². The molecule has 0 radical (unpaired) electrons. The molecule has 4 fully saturated rings. The molecule has 4 aliphatic rings. The van der Waals surface area contributed by atoms with Crippen molar-refractivity contribution in [2.24, 2.45) is 40.4 Å². The third kappa shape index (κ3) is 2.98.